The Labute approximate surface area is 142 Å². The number of halogens is 1. The van der Waals surface area contributed by atoms with Crippen LogP contribution in [0.2, 0.25) is 5.02 Å². The van der Waals surface area contributed by atoms with Crippen LogP contribution in [0.25, 0.3) is 0 Å². The summed E-state index contributed by atoms with van der Waals surface area (Å²) in [5.41, 5.74) is 1.18. The standard InChI is InChI=1S/C17H25ClN2OS/c1-20-10-7-14(8-11-20)17(21)19-9-4-12-22-13-15-5-2-3-6-16(15)18/h2-3,5-6,14H,4,7-13H2,1H3,(H,19,21). The molecule has 5 heteroatoms. The lowest BCUT2D eigenvalue weighted by molar-refractivity contribution is -0.126. The van der Waals surface area contributed by atoms with Crippen molar-refractivity contribution in [2.45, 2.75) is 25.0 Å². The van der Waals surface area contributed by atoms with E-state index in [1.807, 2.05) is 30.0 Å². The van der Waals surface area contributed by atoms with Crippen molar-refractivity contribution < 1.29 is 4.79 Å². The maximum Gasteiger partial charge on any atom is 0.223 e. The first-order valence-corrected chi connectivity index (χ1v) is 9.47. The van der Waals surface area contributed by atoms with Gasteiger partial charge in [-0.1, -0.05) is 29.8 Å². The largest absolute Gasteiger partial charge is 0.356 e. The van der Waals surface area contributed by atoms with Crippen LogP contribution in [-0.2, 0) is 10.5 Å². The number of likely N-dealkylation sites (tertiary alicyclic amines) is 1. The normalized spacial score (nSPS) is 16.6. The number of amides is 1. The third-order valence-corrected chi connectivity index (χ3v) is 5.53. The van der Waals surface area contributed by atoms with E-state index in [0.29, 0.717) is 0 Å². The lowest BCUT2D eigenvalue weighted by Gasteiger charge is -2.28. The summed E-state index contributed by atoms with van der Waals surface area (Å²) >= 11 is 7.99. The average Bonchev–Trinajstić information content (AvgIpc) is 2.53. The smallest absolute Gasteiger partial charge is 0.223 e. The van der Waals surface area contributed by atoms with Crippen molar-refractivity contribution in [2.24, 2.45) is 5.92 Å². The molecule has 0 unspecified atom stereocenters. The molecule has 1 heterocycles. The van der Waals surface area contributed by atoms with Gasteiger partial charge in [0.1, 0.15) is 0 Å². The average molecular weight is 341 g/mol. The van der Waals surface area contributed by atoms with Crippen molar-refractivity contribution in [3.05, 3.63) is 34.9 Å². The van der Waals surface area contributed by atoms with Crippen molar-refractivity contribution in [3.63, 3.8) is 0 Å². The number of benzene rings is 1. The molecule has 1 amide bonds. The Morgan fingerprint density at radius 1 is 1.36 bits per heavy atom. The Bertz CT molecular complexity index is 475. The fourth-order valence-corrected chi connectivity index (χ4v) is 3.84. The first kappa shape index (κ1) is 17.6. The van der Waals surface area contributed by atoms with E-state index in [1.165, 1.54) is 5.56 Å². The zero-order chi connectivity index (χ0) is 15.8. The van der Waals surface area contributed by atoms with Gasteiger partial charge in [-0.05, 0) is 56.8 Å². The predicted molar refractivity (Wildman–Crippen MR) is 95.5 cm³/mol. The van der Waals surface area contributed by atoms with E-state index in [9.17, 15) is 4.79 Å². The van der Waals surface area contributed by atoms with Crippen LogP contribution in [0.1, 0.15) is 24.8 Å². The van der Waals surface area contributed by atoms with Crippen LogP contribution in [-0.4, -0.2) is 43.2 Å². The van der Waals surface area contributed by atoms with Crippen LogP contribution in [0.3, 0.4) is 0 Å². The minimum Gasteiger partial charge on any atom is -0.356 e. The van der Waals surface area contributed by atoms with Gasteiger partial charge in [-0.15, -0.1) is 0 Å². The van der Waals surface area contributed by atoms with Gasteiger partial charge in [0.15, 0.2) is 0 Å². The van der Waals surface area contributed by atoms with Crippen LogP contribution in [0, 0.1) is 5.92 Å². The topological polar surface area (TPSA) is 32.3 Å². The fourth-order valence-electron chi connectivity index (χ4n) is 2.60. The lowest BCUT2D eigenvalue weighted by Crippen LogP contribution is -2.39. The van der Waals surface area contributed by atoms with Crippen molar-refractivity contribution in [3.8, 4) is 0 Å². The number of nitrogens with one attached hydrogen (secondary N) is 1. The molecule has 3 nitrogen and oxygen atoms in total. The van der Waals surface area contributed by atoms with Gasteiger partial charge in [0, 0.05) is 23.2 Å². The van der Waals surface area contributed by atoms with Gasteiger partial charge in [-0.2, -0.15) is 11.8 Å². The zero-order valence-corrected chi connectivity index (χ0v) is 14.8. The number of carbonyl (C=O) groups excluding carboxylic acids is 1. The zero-order valence-electron chi connectivity index (χ0n) is 13.2. The minimum atomic E-state index is 0.215. The Morgan fingerprint density at radius 2 is 2.09 bits per heavy atom. The maximum atomic E-state index is 12.0. The summed E-state index contributed by atoms with van der Waals surface area (Å²) in [6, 6.07) is 7.97. The number of piperidine rings is 1. The Kier molecular flexibility index (Phi) is 7.56. The van der Waals surface area contributed by atoms with E-state index in [1.54, 1.807) is 0 Å². The second-order valence-electron chi connectivity index (χ2n) is 5.87. The highest BCUT2D eigenvalue weighted by Crippen LogP contribution is 2.21. The number of nitrogens with zero attached hydrogens (tertiary/aromatic N) is 1. The summed E-state index contributed by atoms with van der Waals surface area (Å²) in [5, 5.41) is 3.92. The SMILES string of the molecule is CN1CCC(C(=O)NCCCSCc2ccccc2Cl)CC1. The molecule has 2 rings (SSSR count). The van der Waals surface area contributed by atoms with Crippen molar-refractivity contribution in [1.82, 2.24) is 10.2 Å². The molecule has 1 aliphatic heterocycles. The highest BCUT2D eigenvalue weighted by atomic mass is 35.5. The van der Waals surface area contributed by atoms with Gasteiger partial charge in [0.05, 0.1) is 0 Å². The van der Waals surface area contributed by atoms with E-state index in [4.69, 9.17) is 11.6 Å². The maximum absolute atomic E-state index is 12.0. The van der Waals surface area contributed by atoms with E-state index >= 15 is 0 Å². The molecule has 122 valence electrons. The van der Waals surface area contributed by atoms with Crippen molar-refractivity contribution in [1.29, 1.82) is 0 Å². The molecular weight excluding hydrogens is 316 g/mol. The highest BCUT2D eigenvalue weighted by molar-refractivity contribution is 7.98. The van der Waals surface area contributed by atoms with E-state index in [-0.39, 0.29) is 11.8 Å². The predicted octanol–water partition coefficient (Wildman–Crippen LogP) is 3.42. The number of rotatable bonds is 7. The van der Waals surface area contributed by atoms with Gasteiger partial charge >= 0.3 is 0 Å². The monoisotopic (exact) mass is 340 g/mol. The van der Waals surface area contributed by atoms with Gasteiger partial charge in [0.25, 0.3) is 0 Å². The first-order chi connectivity index (χ1) is 10.7. The summed E-state index contributed by atoms with van der Waals surface area (Å²) < 4.78 is 0. The van der Waals surface area contributed by atoms with Crippen molar-refractivity contribution in [2.75, 3.05) is 32.4 Å². The van der Waals surface area contributed by atoms with Gasteiger partial charge in [0.2, 0.25) is 5.91 Å². The molecular formula is C17H25ClN2OS. The number of carbonyl (C=O) groups is 1. The molecule has 1 aromatic rings. The number of thioether (sulfide) groups is 1. The second-order valence-corrected chi connectivity index (χ2v) is 7.38. The molecule has 1 N–H and O–H groups in total. The van der Waals surface area contributed by atoms with Crippen LogP contribution >= 0.6 is 23.4 Å². The van der Waals surface area contributed by atoms with E-state index in [0.717, 1.165) is 55.4 Å². The van der Waals surface area contributed by atoms with Gasteiger partial charge in [-0.25, -0.2) is 0 Å². The van der Waals surface area contributed by atoms with Crippen molar-refractivity contribution >= 4 is 29.3 Å². The third kappa shape index (κ3) is 5.82. The minimum absolute atomic E-state index is 0.215. The summed E-state index contributed by atoms with van der Waals surface area (Å²) in [6.07, 6.45) is 2.99. The molecule has 1 saturated heterocycles. The van der Waals surface area contributed by atoms with Crippen LogP contribution in [0.15, 0.2) is 24.3 Å². The molecule has 0 spiro atoms. The number of hydrogen-bond acceptors (Lipinski definition) is 3. The molecule has 0 bridgehead atoms. The molecule has 1 fully saturated rings. The van der Waals surface area contributed by atoms with E-state index in [2.05, 4.69) is 23.3 Å². The molecule has 1 aromatic carbocycles. The molecule has 0 radical (unpaired) electrons. The molecule has 0 atom stereocenters. The van der Waals surface area contributed by atoms with Gasteiger partial charge in [-0.3, -0.25) is 4.79 Å². The highest BCUT2D eigenvalue weighted by Gasteiger charge is 2.22. The van der Waals surface area contributed by atoms with Gasteiger partial charge < -0.3 is 10.2 Å². The van der Waals surface area contributed by atoms with Crippen LogP contribution in [0.4, 0.5) is 0 Å². The summed E-state index contributed by atoms with van der Waals surface area (Å²) in [7, 11) is 2.12. The van der Waals surface area contributed by atoms with Crippen LogP contribution < -0.4 is 5.32 Å². The molecule has 0 aliphatic carbocycles. The summed E-state index contributed by atoms with van der Waals surface area (Å²) in [6.45, 7) is 2.85. The second kappa shape index (κ2) is 9.43. The lowest BCUT2D eigenvalue weighted by atomic mass is 9.96. The summed E-state index contributed by atoms with van der Waals surface area (Å²) in [4.78, 5) is 14.3. The van der Waals surface area contributed by atoms with Crippen LogP contribution in [0.5, 0.6) is 0 Å². The Morgan fingerprint density at radius 3 is 2.82 bits per heavy atom. The Hall–Kier alpha value is -0.710. The quantitative estimate of drug-likeness (QED) is 0.772. The fraction of sp³-hybridized carbons (Fsp3) is 0.588. The molecule has 22 heavy (non-hydrogen) atoms. The number of hydrogen-bond donors (Lipinski definition) is 1. The third-order valence-electron chi connectivity index (χ3n) is 4.07. The van der Waals surface area contributed by atoms with E-state index < -0.39 is 0 Å². The molecule has 1 aliphatic rings. The molecule has 0 aromatic heterocycles. The summed E-state index contributed by atoms with van der Waals surface area (Å²) in [5.74, 6) is 2.43. The first-order valence-electron chi connectivity index (χ1n) is 7.94. The molecule has 0 saturated carbocycles. The Balaban J connectivity index is 1.54.